The lowest BCUT2D eigenvalue weighted by Gasteiger charge is -2.39. The molecule has 8 heterocycles. The summed E-state index contributed by atoms with van der Waals surface area (Å²) < 4.78 is 34.8. The maximum Gasteiger partial charge on any atom is 0.229 e. The first-order valence-electron chi connectivity index (χ1n) is 27.0. The van der Waals surface area contributed by atoms with Gasteiger partial charge in [-0.2, -0.15) is 0 Å². The lowest BCUT2D eigenvalue weighted by molar-refractivity contribution is -0.277. The van der Waals surface area contributed by atoms with E-state index in [0.29, 0.717) is 73.4 Å². The molecule has 0 amide bonds. The van der Waals surface area contributed by atoms with Gasteiger partial charge in [0.1, 0.15) is 90.5 Å². The number of ether oxygens (including phenoxy) is 6. The van der Waals surface area contributed by atoms with Gasteiger partial charge in [-0.05, 0) is 114 Å². The summed E-state index contributed by atoms with van der Waals surface area (Å²) in [7, 11) is 0. The Morgan fingerprint density at radius 2 is 0.695 bits per heavy atom. The minimum atomic E-state index is -1.65. The second-order valence-electron chi connectivity index (χ2n) is 20.7. The van der Waals surface area contributed by atoms with Gasteiger partial charge in [-0.1, -0.05) is 49.7 Å². The summed E-state index contributed by atoms with van der Waals surface area (Å²) in [5.41, 5.74) is 10.4. The minimum Gasteiger partial charge on any atom is -0.462 e. The molecule has 22 heteroatoms. The first-order valence-corrected chi connectivity index (χ1v) is 27.0. The van der Waals surface area contributed by atoms with Crippen molar-refractivity contribution in [2.75, 3.05) is 19.8 Å². The summed E-state index contributed by atoms with van der Waals surface area (Å²) in [5, 5.41) is 124. The summed E-state index contributed by atoms with van der Waals surface area (Å²) in [4.78, 5) is 18.0. The van der Waals surface area contributed by atoms with E-state index >= 15 is 0 Å². The van der Waals surface area contributed by atoms with Gasteiger partial charge in [0, 0.05) is 44.3 Å². The number of H-pyrrole nitrogens is 2. The molecule has 22 nitrogen and oxygen atoms in total. The van der Waals surface area contributed by atoms with Crippen molar-refractivity contribution in [2.45, 2.75) is 118 Å². The Labute approximate surface area is 468 Å². The van der Waals surface area contributed by atoms with Crippen LogP contribution in [-0.2, 0) is 20.6 Å². The maximum atomic E-state index is 10.8. The van der Waals surface area contributed by atoms with Gasteiger partial charge in [0.05, 0.1) is 42.6 Å². The van der Waals surface area contributed by atoms with Crippen LogP contribution in [0.3, 0.4) is 0 Å². The summed E-state index contributed by atoms with van der Waals surface area (Å²) in [5.74, 6) is 0.776. The third-order valence-electron chi connectivity index (χ3n) is 15.4. The van der Waals surface area contributed by atoms with Crippen LogP contribution < -0.4 is 14.2 Å². The van der Waals surface area contributed by atoms with Gasteiger partial charge in [-0.3, -0.25) is 0 Å². The standard InChI is InChI=1S/C60H64N4O18/c1-2-3-4-34-35-17-19-37(61-35)46(28-5-11-31(12-6-28)77-58-55(74)52(71)49(68)43(25-65)80-58)39-21-23-41(63-39)48(30-9-15-33(16-10-30)79-60-57(76)54(73)51(70)45(27-67)82-60)42-24-22-40(64-42)47(38-20-18-36(34)62-38)29-7-13-32(14-8-29)78-59-56(75)53(72)50(69)44(26-66)81-59/h5-24,43-45,49-61,64-76H,2-4,25-27H2,1H3/t43-,44-,45-,49-,50-,51-,52+,53+,54+,55-,56-,57-,58-,59-,60-/m1/s1. The van der Waals surface area contributed by atoms with Gasteiger partial charge < -0.3 is 99.7 Å². The second-order valence-corrected chi connectivity index (χ2v) is 20.7. The third kappa shape index (κ3) is 11.1. The molecule has 8 bridgehead atoms. The number of aliphatic hydroxyl groups is 12. The van der Waals surface area contributed by atoms with Gasteiger partial charge in [-0.25, -0.2) is 9.97 Å². The molecular weight excluding hydrogens is 1060 g/mol. The topological polar surface area (TPSA) is 356 Å². The monoisotopic (exact) mass is 1130 g/mol. The Morgan fingerprint density at radius 3 is 1.02 bits per heavy atom. The number of aromatic amines is 2. The Balaban J connectivity index is 1.06. The van der Waals surface area contributed by atoms with Crippen molar-refractivity contribution in [2.24, 2.45) is 0 Å². The number of hydrogen-bond donors (Lipinski definition) is 14. The highest BCUT2D eigenvalue weighted by atomic mass is 16.7. The van der Waals surface area contributed by atoms with Crippen LogP contribution in [0.1, 0.15) is 48.1 Å². The van der Waals surface area contributed by atoms with E-state index in [4.69, 9.17) is 38.4 Å². The number of aromatic nitrogens is 4. The van der Waals surface area contributed by atoms with Crippen LogP contribution in [0, 0.1) is 0 Å². The van der Waals surface area contributed by atoms with Crippen molar-refractivity contribution < 1.29 is 89.7 Å². The molecule has 11 rings (SSSR count). The molecule has 3 aromatic carbocycles. The van der Waals surface area contributed by atoms with Crippen LogP contribution in [0.4, 0.5) is 0 Å². The molecule has 82 heavy (non-hydrogen) atoms. The first kappa shape index (κ1) is 56.9. The van der Waals surface area contributed by atoms with Gasteiger partial charge in [0.2, 0.25) is 18.9 Å². The Bertz CT molecular complexity index is 3380. The molecule has 0 aliphatic carbocycles. The predicted molar refractivity (Wildman–Crippen MR) is 297 cm³/mol. The van der Waals surface area contributed by atoms with E-state index in [-0.39, 0.29) is 17.2 Å². The lowest BCUT2D eigenvalue weighted by atomic mass is 9.99. The average Bonchev–Trinajstić information content (AvgIpc) is 4.10. The number of hydrogen-bond acceptors (Lipinski definition) is 20. The molecule has 5 aliphatic heterocycles. The van der Waals surface area contributed by atoms with Crippen molar-refractivity contribution >= 4 is 46.4 Å². The number of unbranched alkanes of at least 4 members (excludes halogenated alkanes) is 1. The fourth-order valence-corrected chi connectivity index (χ4v) is 10.8. The van der Waals surface area contributed by atoms with Crippen LogP contribution in [0.2, 0.25) is 0 Å². The van der Waals surface area contributed by atoms with Crippen LogP contribution in [-0.4, -0.2) is 193 Å². The fraction of sp³-hybridized carbons (Fsp3) is 0.367. The van der Waals surface area contributed by atoms with Crippen molar-refractivity contribution in [3.05, 3.63) is 125 Å². The zero-order chi connectivity index (χ0) is 57.5. The van der Waals surface area contributed by atoms with E-state index in [1.54, 1.807) is 48.5 Å². The summed E-state index contributed by atoms with van der Waals surface area (Å²) in [6, 6.07) is 28.7. The smallest absolute Gasteiger partial charge is 0.229 e. The van der Waals surface area contributed by atoms with Crippen LogP contribution in [0.5, 0.6) is 17.2 Å². The van der Waals surface area contributed by atoms with Crippen LogP contribution >= 0.6 is 0 Å². The quantitative estimate of drug-likeness (QED) is 0.0701. The zero-order valence-corrected chi connectivity index (χ0v) is 44.2. The highest BCUT2D eigenvalue weighted by Crippen LogP contribution is 2.39. The van der Waals surface area contributed by atoms with Crippen molar-refractivity contribution in [3.63, 3.8) is 0 Å². The molecule has 0 unspecified atom stereocenters. The molecule has 15 atom stereocenters. The van der Waals surface area contributed by atoms with E-state index < -0.39 is 112 Å². The third-order valence-corrected chi connectivity index (χ3v) is 15.4. The Kier molecular flexibility index (Phi) is 16.7. The first-order chi connectivity index (χ1) is 39.7. The highest BCUT2D eigenvalue weighted by Gasteiger charge is 2.47. The highest BCUT2D eigenvalue weighted by molar-refractivity contribution is 5.98. The van der Waals surface area contributed by atoms with Crippen molar-refractivity contribution in [3.8, 4) is 50.6 Å². The molecule has 0 spiro atoms. The summed E-state index contributed by atoms with van der Waals surface area (Å²) >= 11 is 0. The number of benzene rings is 3. The summed E-state index contributed by atoms with van der Waals surface area (Å²) in [6.45, 7) is 0.260. The van der Waals surface area contributed by atoms with Crippen LogP contribution in [0.15, 0.2) is 97.1 Å². The van der Waals surface area contributed by atoms with E-state index in [2.05, 4.69) is 16.9 Å². The molecule has 6 aromatic rings. The molecule has 5 aliphatic rings. The van der Waals surface area contributed by atoms with Gasteiger partial charge in [0.15, 0.2) is 0 Å². The Hall–Kier alpha value is -6.94. The number of fused-ring (bicyclic) bond motifs is 8. The van der Waals surface area contributed by atoms with Crippen molar-refractivity contribution in [1.82, 2.24) is 19.9 Å². The predicted octanol–water partition coefficient (Wildman–Crippen LogP) is 2.54. The van der Waals surface area contributed by atoms with Gasteiger partial charge in [0.25, 0.3) is 0 Å². The lowest BCUT2D eigenvalue weighted by Crippen LogP contribution is -2.60. The number of nitrogens with one attached hydrogen (secondary N) is 2. The van der Waals surface area contributed by atoms with E-state index in [1.165, 1.54) is 0 Å². The number of rotatable bonds is 15. The molecule has 0 saturated carbocycles. The molecule has 0 radical (unpaired) electrons. The molecule has 3 aromatic heterocycles. The van der Waals surface area contributed by atoms with Crippen molar-refractivity contribution in [1.29, 1.82) is 0 Å². The molecular formula is C60H64N4O18. The maximum absolute atomic E-state index is 10.8. The SMILES string of the molecule is CCCCc1c2nc(c(-c3ccc(O[C@@H]4O[C@H](CO)[C@@H](O)[C@H](O)[C@H]4O)cc3)c3ccc([nH]3)c(-c3ccc(O[C@@H]4O[C@H](CO)[C@@H](O)[C@H](O)[C@H]4O)cc3)c3nc(c(-c4ccc(O[C@@H]5O[C@H](CO)[C@@H](O)[C@H](O)[C@H]5O)cc4)c4ccc1[nH]4)C=C3)C=C2. The zero-order valence-electron chi connectivity index (χ0n) is 44.2. The molecule has 432 valence electrons. The van der Waals surface area contributed by atoms with E-state index in [0.717, 1.165) is 29.6 Å². The Morgan fingerprint density at radius 1 is 0.390 bits per heavy atom. The van der Waals surface area contributed by atoms with Gasteiger partial charge in [-0.15, -0.1) is 0 Å². The fourth-order valence-electron chi connectivity index (χ4n) is 10.8. The second kappa shape index (κ2) is 24.1. The molecule has 3 saturated heterocycles. The number of aryl methyl sites for hydroxylation is 1. The van der Waals surface area contributed by atoms with Gasteiger partial charge >= 0.3 is 0 Å². The van der Waals surface area contributed by atoms with Crippen LogP contribution in [0.25, 0.3) is 79.8 Å². The number of aliphatic hydroxyl groups excluding tert-OH is 12. The molecule has 14 N–H and O–H groups in total. The normalized spacial score (nSPS) is 29.0. The average molecular weight is 1130 g/mol. The van der Waals surface area contributed by atoms with E-state index in [1.807, 2.05) is 72.8 Å². The largest absolute Gasteiger partial charge is 0.462 e. The number of nitrogens with zero attached hydrogens (tertiary/aromatic N) is 2. The summed E-state index contributed by atoms with van der Waals surface area (Å²) in [6.07, 6.45) is -12.0. The molecule has 3 fully saturated rings. The van der Waals surface area contributed by atoms with E-state index in [9.17, 15) is 61.3 Å². The minimum absolute atomic E-state index is 0.241.